The van der Waals surface area contributed by atoms with Crippen LogP contribution in [0.1, 0.15) is 54.1 Å². The molecule has 0 aliphatic carbocycles. The quantitative estimate of drug-likeness (QED) is 0.493. The van der Waals surface area contributed by atoms with Crippen LogP contribution >= 0.6 is 11.3 Å². The lowest BCUT2D eigenvalue weighted by Gasteiger charge is -2.34. The highest BCUT2D eigenvalue weighted by atomic mass is 32.2. The second kappa shape index (κ2) is 9.75. The smallest absolute Gasteiger partial charge is 0.257 e. The Labute approximate surface area is 199 Å². The summed E-state index contributed by atoms with van der Waals surface area (Å²) < 4.78 is 27.9. The van der Waals surface area contributed by atoms with E-state index in [2.05, 4.69) is 28.5 Å². The predicted octanol–water partition coefficient (Wildman–Crippen LogP) is 5.63. The fraction of sp³-hybridized carbons (Fsp3) is 0.360. The van der Waals surface area contributed by atoms with Crippen LogP contribution in [0, 0.1) is 13.8 Å². The van der Waals surface area contributed by atoms with Gasteiger partial charge in [0.05, 0.1) is 10.6 Å². The number of aromatic nitrogens is 1. The van der Waals surface area contributed by atoms with E-state index >= 15 is 0 Å². The summed E-state index contributed by atoms with van der Waals surface area (Å²) in [5.41, 5.74) is 4.54. The van der Waals surface area contributed by atoms with E-state index in [1.54, 1.807) is 16.4 Å². The van der Waals surface area contributed by atoms with E-state index in [0.717, 1.165) is 48.1 Å². The number of aryl methyl sites for hydroxylation is 2. The minimum absolute atomic E-state index is 0.0443. The number of benzene rings is 2. The average Bonchev–Trinajstić information content (AvgIpc) is 3.28. The van der Waals surface area contributed by atoms with Crippen LogP contribution in [0.4, 0.5) is 5.13 Å². The van der Waals surface area contributed by atoms with Gasteiger partial charge in [-0.1, -0.05) is 31.0 Å². The number of anilines is 1. The molecular weight excluding hydrogens is 454 g/mol. The first-order chi connectivity index (χ1) is 15.8. The van der Waals surface area contributed by atoms with E-state index in [1.807, 2.05) is 26.2 Å². The SMILES string of the molecule is CCC1CCCCN1S(=O)(=O)c1ccc(C(=O)Nc2nc(-c3cc(C)ccc3C)cs2)cc1. The molecule has 0 bridgehead atoms. The molecule has 174 valence electrons. The molecule has 4 rings (SSSR count). The molecule has 1 aromatic heterocycles. The van der Waals surface area contributed by atoms with Gasteiger partial charge in [0, 0.05) is 29.1 Å². The van der Waals surface area contributed by atoms with Crippen LogP contribution in [0.2, 0.25) is 0 Å². The number of carbonyl (C=O) groups excluding carboxylic acids is 1. The lowest BCUT2D eigenvalue weighted by Crippen LogP contribution is -2.43. The van der Waals surface area contributed by atoms with Crippen molar-refractivity contribution in [3.63, 3.8) is 0 Å². The summed E-state index contributed by atoms with van der Waals surface area (Å²) in [5, 5.41) is 5.26. The molecule has 1 amide bonds. The van der Waals surface area contributed by atoms with Crippen molar-refractivity contribution in [3.05, 3.63) is 64.5 Å². The van der Waals surface area contributed by atoms with Gasteiger partial charge in [-0.05, 0) is 69.0 Å². The van der Waals surface area contributed by atoms with Gasteiger partial charge in [0.15, 0.2) is 5.13 Å². The maximum Gasteiger partial charge on any atom is 0.257 e. The Morgan fingerprint density at radius 3 is 2.64 bits per heavy atom. The van der Waals surface area contributed by atoms with Gasteiger partial charge in [0.1, 0.15) is 0 Å². The number of hydrogen-bond acceptors (Lipinski definition) is 5. The Morgan fingerprint density at radius 2 is 1.91 bits per heavy atom. The second-order valence-electron chi connectivity index (χ2n) is 8.51. The zero-order valence-corrected chi connectivity index (χ0v) is 20.8. The van der Waals surface area contributed by atoms with Gasteiger partial charge in [0.25, 0.3) is 5.91 Å². The van der Waals surface area contributed by atoms with Gasteiger partial charge in [-0.15, -0.1) is 11.3 Å². The molecule has 1 saturated heterocycles. The summed E-state index contributed by atoms with van der Waals surface area (Å²) in [5.74, 6) is -0.315. The van der Waals surface area contributed by atoms with Crippen molar-refractivity contribution >= 4 is 32.4 Å². The standard InChI is InChI=1S/C25H29N3O3S2/c1-4-20-7-5-6-14-28(20)33(30,31)21-12-10-19(11-13-21)24(29)27-25-26-23(16-32-25)22-15-17(2)8-9-18(22)3/h8-13,15-16,20H,4-7,14H2,1-3H3,(H,26,27,29). The molecule has 1 aliphatic heterocycles. The zero-order chi connectivity index (χ0) is 23.6. The Balaban J connectivity index is 1.48. The van der Waals surface area contributed by atoms with Gasteiger partial charge in [-0.2, -0.15) is 4.31 Å². The Hall–Kier alpha value is -2.55. The first-order valence-corrected chi connectivity index (χ1v) is 13.6. The maximum atomic E-state index is 13.1. The van der Waals surface area contributed by atoms with E-state index < -0.39 is 10.0 Å². The number of thiazole rings is 1. The molecule has 1 aliphatic rings. The van der Waals surface area contributed by atoms with Crippen LogP contribution in [0.25, 0.3) is 11.3 Å². The lowest BCUT2D eigenvalue weighted by molar-refractivity contribution is 0.102. The summed E-state index contributed by atoms with van der Waals surface area (Å²) in [4.78, 5) is 17.5. The number of nitrogens with zero attached hydrogens (tertiary/aromatic N) is 2. The molecule has 1 N–H and O–H groups in total. The Bertz CT molecular complexity index is 1250. The minimum Gasteiger partial charge on any atom is -0.298 e. The van der Waals surface area contributed by atoms with Gasteiger partial charge in [0.2, 0.25) is 10.0 Å². The van der Waals surface area contributed by atoms with Crippen molar-refractivity contribution in [1.82, 2.24) is 9.29 Å². The van der Waals surface area contributed by atoms with Crippen molar-refractivity contribution in [2.75, 3.05) is 11.9 Å². The minimum atomic E-state index is -3.57. The average molecular weight is 484 g/mol. The van der Waals surface area contributed by atoms with Crippen molar-refractivity contribution in [2.45, 2.75) is 57.4 Å². The van der Waals surface area contributed by atoms with E-state index in [9.17, 15) is 13.2 Å². The summed E-state index contributed by atoms with van der Waals surface area (Å²) in [6.07, 6.45) is 3.64. The van der Waals surface area contributed by atoms with Crippen molar-refractivity contribution < 1.29 is 13.2 Å². The summed E-state index contributed by atoms with van der Waals surface area (Å²) in [7, 11) is -3.57. The van der Waals surface area contributed by atoms with Crippen LogP contribution in [0.5, 0.6) is 0 Å². The van der Waals surface area contributed by atoms with E-state index in [4.69, 9.17) is 0 Å². The first-order valence-electron chi connectivity index (χ1n) is 11.3. The molecule has 6 nitrogen and oxygen atoms in total. The van der Waals surface area contributed by atoms with Gasteiger partial charge < -0.3 is 0 Å². The molecule has 1 fully saturated rings. The second-order valence-corrected chi connectivity index (χ2v) is 11.3. The Kier molecular flexibility index (Phi) is 6.97. The van der Waals surface area contributed by atoms with Crippen LogP contribution < -0.4 is 5.32 Å². The molecular formula is C25H29N3O3S2. The maximum absolute atomic E-state index is 13.1. The Morgan fingerprint density at radius 1 is 1.15 bits per heavy atom. The lowest BCUT2D eigenvalue weighted by atomic mass is 10.0. The predicted molar refractivity (Wildman–Crippen MR) is 133 cm³/mol. The molecule has 33 heavy (non-hydrogen) atoms. The van der Waals surface area contributed by atoms with Gasteiger partial charge in [-0.3, -0.25) is 10.1 Å². The third-order valence-electron chi connectivity index (χ3n) is 6.16. The molecule has 0 radical (unpaired) electrons. The number of amides is 1. The topological polar surface area (TPSA) is 79.4 Å². The molecule has 2 heterocycles. The number of sulfonamides is 1. The fourth-order valence-corrected chi connectivity index (χ4v) is 6.72. The normalized spacial score (nSPS) is 17.1. The number of carbonyl (C=O) groups is 1. The molecule has 1 atom stereocenters. The van der Waals surface area contributed by atoms with Crippen molar-refractivity contribution in [3.8, 4) is 11.3 Å². The van der Waals surface area contributed by atoms with Crippen LogP contribution in [-0.2, 0) is 10.0 Å². The summed E-state index contributed by atoms with van der Waals surface area (Å²) in [6, 6.07) is 12.4. The first kappa shape index (κ1) is 23.6. The third-order valence-corrected chi connectivity index (χ3v) is 8.88. The highest BCUT2D eigenvalue weighted by Crippen LogP contribution is 2.29. The highest BCUT2D eigenvalue weighted by Gasteiger charge is 2.32. The van der Waals surface area contributed by atoms with E-state index in [-0.39, 0.29) is 16.8 Å². The largest absolute Gasteiger partial charge is 0.298 e. The molecule has 0 spiro atoms. The molecule has 1 unspecified atom stereocenters. The third kappa shape index (κ3) is 5.03. The fourth-order valence-electron chi connectivity index (χ4n) is 4.25. The van der Waals surface area contributed by atoms with Crippen LogP contribution in [-0.4, -0.2) is 36.2 Å². The number of rotatable bonds is 6. The van der Waals surface area contributed by atoms with Crippen LogP contribution in [0.3, 0.4) is 0 Å². The van der Waals surface area contributed by atoms with Crippen LogP contribution in [0.15, 0.2) is 52.7 Å². The highest BCUT2D eigenvalue weighted by molar-refractivity contribution is 7.89. The van der Waals surface area contributed by atoms with E-state index in [0.29, 0.717) is 17.2 Å². The molecule has 3 aromatic rings. The molecule has 0 saturated carbocycles. The number of nitrogens with one attached hydrogen (secondary N) is 1. The van der Waals surface area contributed by atoms with Crippen molar-refractivity contribution in [2.24, 2.45) is 0 Å². The number of hydrogen-bond donors (Lipinski definition) is 1. The van der Waals surface area contributed by atoms with Gasteiger partial charge >= 0.3 is 0 Å². The monoisotopic (exact) mass is 483 g/mol. The van der Waals surface area contributed by atoms with E-state index in [1.165, 1.54) is 23.5 Å². The summed E-state index contributed by atoms with van der Waals surface area (Å²) in [6.45, 7) is 6.65. The molecule has 8 heteroatoms. The number of piperidine rings is 1. The zero-order valence-electron chi connectivity index (χ0n) is 19.2. The molecule has 2 aromatic carbocycles. The summed E-state index contributed by atoms with van der Waals surface area (Å²) >= 11 is 1.37. The van der Waals surface area contributed by atoms with Crippen molar-refractivity contribution in [1.29, 1.82) is 0 Å². The van der Waals surface area contributed by atoms with Gasteiger partial charge in [-0.25, -0.2) is 13.4 Å².